The van der Waals surface area contributed by atoms with Crippen LogP contribution >= 0.6 is 0 Å². The Bertz CT molecular complexity index is 342. The molecule has 6 nitrogen and oxygen atoms in total. The summed E-state index contributed by atoms with van der Waals surface area (Å²) in [5, 5.41) is 15.7. The number of nitro groups is 1. The van der Waals surface area contributed by atoms with Crippen molar-refractivity contribution in [2.45, 2.75) is 0 Å². The van der Waals surface area contributed by atoms with Gasteiger partial charge in [0.15, 0.2) is 5.78 Å². The second-order valence-corrected chi connectivity index (χ2v) is 1.96. The molecule has 0 amide bonds. The molecule has 0 fully saturated rings. The van der Waals surface area contributed by atoms with Crippen LogP contribution in [0.5, 0.6) is 0 Å². The number of ketones is 1. The van der Waals surface area contributed by atoms with Crippen molar-refractivity contribution in [1.29, 1.82) is 0 Å². The minimum absolute atomic E-state index is 0.0741. The Morgan fingerprint density at radius 3 is 3.00 bits per heavy atom. The number of nitrogens with zero attached hydrogens (tertiary/aromatic N) is 2. The van der Waals surface area contributed by atoms with Gasteiger partial charge < -0.3 is 10.1 Å². The van der Waals surface area contributed by atoms with E-state index in [1.165, 1.54) is 0 Å². The van der Waals surface area contributed by atoms with E-state index in [2.05, 4.69) is 16.8 Å². The van der Waals surface area contributed by atoms with Gasteiger partial charge in [0, 0.05) is 0 Å². The molecular formula is C6H5N3O3. The summed E-state index contributed by atoms with van der Waals surface area (Å²) in [7, 11) is 0. The predicted molar refractivity (Wildman–Crippen MR) is 39.8 cm³/mol. The van der Waals surface area contributed by atoms with E-state index in [0.29, 0.717) is 0 Å². The Kier molecular flexibility index (Phi) is 2.00. The van der Waals surface area contributed by atoms with Crippen molar-refractivity contribution >= 4 is 11.6 Å². The fraction of sp³-hybridized carbons (Fsp3) is 0. The number of carbonyl (C=O) groups is 1. The predicted octanol–water partition coefficient (Wildman–Crippen LogP) is 0.687. The average Bonchev–Trinajstić information content (AvgIpc) is 2.50. The maximum atomic E-state index is 10.9. The van der Waals surface area contributed by atoms with Gasteiger partial charge in [-0.15, -0.1) is 5.10 Å². The van der Waals surface area contributed by atoms with E-state index < -0.39 is 16.5 Å². The topological polar surface area (TPSA) is 88.9 Å². The Labute approximate surface area is 67.0 Å². The second kappa shape index (κ2) is 2.95. The lowest BCUT2D eigenvalue weighted by molar-refractivity contribution is -0.389. The minimum Gasteiger partial charge on any atom is -0.358 e. The number of H-pyrrole nitrogens is 1. The van der Waals surface area contributed by atoms with Crippen LogP contribution in [-0.4, -0.2) is 20.9 Å². The van der Waals surface area contributed by atoms with Crippen molar-refractivity contribution in [1.82, 2.24) is 10.2 Å². The van der Waals surface area contributed by atoms with Gasteiger partial charge >= 0.3 is 5.82 Å². The van der Waals surface area contributed by atoms with Gasteiger partial charge in [-0.3, -0.25) is 4.79 Å². The van der Waals surface area contributed by atoms with Crippen molar-refractivity contribution in [2.24, 2.45) is 0 Å². The smallest absolute Gasteiger partial charge is 0.353 e. The lowest BCUT2D eigenvalue weighted by Gasteiger charge is -1.90. The minimum atomic E-state index is -0.705. The molecule has 0 aliphatic carbocycles. The molecule has 0 aliphatic rings. The summed E-state index contributed by atoms with van der Waals surface area (Å²) in [4.78, 5) is 20.5. The molecule has 0 radical (unpaired) electrons. The molecule has 0 unspecified atom stereocenters. The van der Waals surface area contributed by atoms with Gasteiger partial charge in [-0.05, 0) is 11.0 Å². The number of allylic oxidation sites excluding steroid dienone is 1. The van der Waals surface area contributed by atoms with Crippen molar-refractivity contribution in [3.8, 4) is 0 Å². The van der Waals surface area contributed by atoms with Crippen molar-refractivity contribution < 1.29 is 9.72 Å². The molecule has 0 spiro atoms. The summed E-state index contributed by atoms with van der Waals surface area (Å²) in [6, 6.07) is 0. The van der Waals surface area contributed by atoms with Crippen LogP contribution in [-0.2, 0) is 0 Å². The third-order valence-electron chi connectivity index (χ3n) is 1.25. The number of aromatic amines is 1. The van der Waals surface area contributed by atoms with Gasteiger partial charge in [-0.1, -0.05) is 11.7 Å². The Morgan fingerprint density at radius 1 is 1.83 bits per heavy atom. The fourth-order valence-electron chi connectivity index (χ4n) is 0.709. The Balaban J connectivity index is 3.15. The third-order valence-corrected chi connectivity index (χ3v) is 1.25. The standard InChI is InChI=1S/C6H5N3O3/c1-2-5(10)4-3-7-8-6(4)9(11)12/h2-3H,1H2,(H,7,8). The first-order valence-electron chi connectivity index (χ1n) is 3.01. The van der Waals surface area contributed by atoms with E-state index in [1.54, 1.807) is 0 Å². The zero-order chi connectivity index (χ0) is 9.14. The van der Waals surface area contributed by atoms with E-state index in [1.807, 2.05) is 0 Å². The highest BCUT2D eigenvalue weighted by atomic mass is 16.6. The van der Waals surface area contributed by atoms with Gasteiger partial charge in [0.25, 0.3) is 0 Å². The van der Waals surface area contributed by atoms with E-state index in [-0.39, 0.29) is 5.56 Å². The molecule has 1 aromatic rings. The molecule has 0 saturated heterocycles. The van der Waals surface area contributed by atoms with Crippen LogP contribution in [0.3, 0.4) is 0 Å². The number of hydrogen-bond donors (Lipinski definition) is 1. The summed E-state index contributed by atoms with van der Waals surface area (Å²) >= 11 is 0. The monoisotopic (exact) mass is 167 g/mol. The van der Waals surface area contributed by atoms with E-state index in [0.717, 1.165) is 12.3 Å². The van der Waals surface area contributed by atoms with Crippen molar-refractivity contribution in [3.63, 3.8) is 0 Å². The molecule has 1 rings (SSSR count). The van der Waals surface area contributed by atoms with Crippen molar-refractivity contribution in [3.05, 3.63) is 34.5 Å². The summed E-state index contributed by atoms with van der Waals surface area (Å²) in [6.07, 6.45) is 2.10. The van der Waals surface area contributed by atoms with Gasteiger partial charge in [-0.2, -0.15) is 0 Å². The van der Waals surface area contributed by atoms with E-state index >= 15 is 0 Å². The number of carbonyl (C=O) groups excluding carboxylic acids is 1. The molecule has 12 heavy (non-hydrogen) atoms. The highest BCUT2D eigenvalue weighted by Gasteiger charge is 2.18. The average molecular weight is 167 g/mol. The number of aromatic nitrogens is 2. The third kappa shape index (κ3) is 1.22. The van der Waals surface area contributed by atoms with Gasteiger partial charge in [0.05, 0.1) is 6.20 Å². The molecule has 0 aliphatic heterocycles. The molecule has 6 heteroatoms. The van der Waals surface area contributed by atoms with Crippen LogP contribution in [0.4, 0.5) is 5.82 Å². The van der Waals surface area contributed by atoms with Crippen LogP contribution in [0.15, 0.2) is 18.9 Å². The lowest BCUT2D eigenvalue weighted by Crippen LogP contribution is -1.98. The highest BCUT2D eigenvalue weighted by molar-refractivity contribution is 6.06. The maximum absolute atomic E-state index is 10.9. The normalized spacial score (nSPS) is 9.33. The van der Waals surface area contributed by atoms with E-state index in [9.17, 15) is 14.9 Å². The molecule has 1 heterocycles. The zero-order valence-corrected chi connectivity index (χ0v) is 5.98. The zero-order valence-electron chi connectivity index (χ0n) is 5.98. The molecule has 0 bridgehead atoms. The van der Waals surface area contributed by atoms with Crippen LogP contribution in [0.2, 0.25) is 0 Å². The number of hydrogen-bond acceptors (Lipinski definition) is 4. The van der Waals surface area contributed by atoms with Gasteiger partial charge in [0.1, 0.15) is 5.56 Å². The quantitative estimate of drug-likeness (QED) is 0.310. The van der Waals surface area contributed by atoms with Crippen LogP contribution in [0.1, 0.15) is 10.4 Å². The number of rotatable bonds is 3. The molecule has 0 atom stereocenters. The number of nitrogens with one attached hydrogen (secondary N) is 1. The summed E-state index contributed by atoms with van der Waals surface area (Å²) < 4.78 is 0. The first-order valence-corrected chi connectivity index (χ1v) is 3.01. The molecular weight excluding hydrogens is 162 g/mol. The van der Waals surface area contributed by atoms with Gasteiger partial charge in [-0.25, -0.2) is 0 Å². The second-order valence-electron chi connectivity index (χ2n) is 1.96. The van der Waals surface area contributed by atoms with Crippen molar-refractivity contribution in [2.75, 3.05) is 0 Å². The molecule has 1 aromatic heterocycles. The molecule has 0 aromatic carbocycles. The molecule has 1 N–H and O–H groups in total. The van der Waals surface area contributed by atoms with Crippen LogP contribution in [0.25, 0.3) is 0 Å². The van der Waals surface area contributed by atoms with Gasteiger partial charge in [0.2, 0.25) is 0 Å². The first-order chi connectivity index (χ1) is 5.66. The largest absolute Gasteiger partial charge is 0.358 e. The Hall–Kier alpha value is -1.98. The first kappa shape index (κ1) is 8.12. The summed E-state index contributed by atoms with van der Waals surface area (Å²) in [6.45, 7) is 3.20. The SMILES string of the molecule is C=CC(=O)c1cn[nH]c1[N+](=O)[O-]. The molecule has 62 valence electrons. The Morgan fingerprint density at radius 2 is 2.50 bits per heavy atom. The van der Waals surface area contributed by atoms with E-state index in [4.69, 9.17) is 0 Å². The highest BCUT2D eigenvalue weighted by Crippen LogP contribution is 2.13. The molecule has 0 saturated carbocycles. The lowest BCUT2D eigenvalue weighted by atomic mass is 10.2. The van der Waals surface area contributed by atoms with Crippen LogP contribution < -0.4 is 0 Å². The maximum Gasteiger partial charge on any atom is 0.353 e. The van der Waals surface area contributed by atoms with Crippen LogP contribution in [0, 0.1) is 10.1 Å². The summed E-state index contributed by atoms with van der Waals surface area (Å²) in [5.74, 6) is -0.921. The summed E-state index contributed by atoms with van der Waals surface area (Å²) in [5.41, 5.74) is -0.0741. The fourth-order valence-corrected chi connectivity index (χ4v) is 0.709.